The molecule has 0 radical (unpaired) electrons. The summed E-state index contributed by atoms with van der Waals surface area (Å²) in [7, 11) is -2.06. The fourth-order valence-electron chi connectivity index (χ4n) is 3.23. The van der Waals surface area contributed by atoms with Gasteiger partial charge in [0.25, 0.3) is 5.91 Å². The third kappa shape index (κ3) is 8.03. The lowest BCUT2D eigenvalue weighted by molar-refractivity contribution is 0.0956. The van der Waals surface area contributed by atoms with E-state index in [1.807, 2.05) is 0 Å². The van der Waals surface area contributed by atoms with E-state index in [0.717, 1.165) is 11.5 Å². The van der Waals surface area contributed by atoms with E-state index in [0.29, 0.717) is 44.0 Å². The van der Waals surface area contributed by atoms with Crippen molar-refractivity contribution < 1.29 is 17.9 Å². The molecule has 0 heterocycles. The molecule has 0 aliphatic carbocycles. The number of carbonyl (C=O) groups excluding carboxylic acids is 1. The Morgan fingerprint density at radius 1 is 1.06 bits per heavy atom. The number of aryl methyl sites for hydroxylation is 1. The smallest absolute Gasteiger partial charge is 0.253 e. The van der Waals surface area contributed by atoms with Crippen LogP contribution in [0.15, 0.2) is 47.4 Å². The molecule has 0 saturated carbocycles. The Kier molecular flexibility index (Phi) is 11.2. The predicted molar refractivity (Wildman–Crippen MR) is 137 cm³/mol. The maximum absolute atomic E-state index is 13.0. The Morgan fingerprint density at radius 2 is 1.76 bits per heavy atom. The number of hydrogen-bond donors (Lipinski definition) is 2. The highest BCUT2D eigenvalue weighted by atomic mass is 32.2. The average Bonchev–Trinajstić information content (AvgIpc) is 2.80. The lowest BCUT2D eigenvalue weighted by atomic mass is 10.1. The number of thioether (sulfide) groups is 1. The van der Waals surface area contributed by atoms with E-state index >= 15 is 0 Å². The van der Waals surface area contributed by atoms with E-state index in [2.05, 4.69) is 41.8 Å². The molecule has 9 heteroatoms. The highest BCUT2D eigenvalue weighted by Gasteiger charge is 2.24. The van der Waals surface area contributed by atoms with Crippen LogP contribution in [0.25, 0.3) is 0 Å². The number of methoxy groups -OCH3 is 1. The molecule has 0 aromatic heterocycles. The molecule has 0 unspecified atom stereocenters. The first-order chi connectivity index (χ1) is 15.8. The maximum Gasteiger partial charge on any atom is 0.253 e. The van der Waals surface area contributed by atoms with E-state index in [1.165, 1.54) is 27.6 Å². The molecule has 2 rings (SSSR count). The number of rotatable bonds is 14. The van der Waals surface area contributed by atoms with Gasteiger partial charge in [0.05, 0.1) is 17.1 Å². The first kappa shape index (κ1) is 27.2. The van der Waals surface area contributed by atoms with Crippen LogP contribution in [0.1, 0.15) is 35.3 Å². The zero-order valence-electron chi connectivity index (χ0n) is 19.9. The van der Waals surface area contributed by atoms with E-state index < -0.39 is 10.0 Å². The molecule has 0 saturated heterocycles. The number of amides is 1. The Bertz CT molecular complexity index is 991. The Labute approximate surface area is 202 Å². The summed E-state index contributed by atoms with van der Waals surface area (Å²) in [6, 6.07) is 13.0. The molecule has 0 bridgehead atoms. The van der Waals surface area contributed by atoms with Gasteiger partial charge in [-0.2, -0.15) is 16.1 Å². The van der Waals surface area contributed by atoms with Crippen molar-refractivity contribution in [3.63, 3.8) is 0 Å². The van der Waals surface area contributed by atoms with Gasteiger partial charge in [0.2, 0.25) is 10.0 Å². The van der Waals surface area contributed by atoms with Crippen molar-refractivity contribution in [3.8, 4) is 0 Å². The van der Waals surface area contributed by atoms with E-state index in [4.69, 9.17) is 4.74 Å². The van der Waals surface area contributed by atoms with Crippen molar-refractivity contribution in [2.45, 2.75) is 31.4 Å². The molecule has 0 aliphatic heterocycles. The largest absolute Gasteiger partial charge is 0.383 e. The highest BCUT2D eigenvalue weighted by Crippen LogP contribution is 2.23. The first-order valence-corrected chi connectivity index (χ1v) is 13.7. The number of sulfonamides is 1. The predicted octanol–water partition coefficient (Wildman–Crippen LogP) is 3.75. The standard InChI is InChI=1S/C24H35N3O4S2/c1-5-27(6-2)33(29,30)21-11-12-23(25-13-15-31-4)22(17-21)24(28)26-14-16-32-18-20-9-7-19(3)8-10-20/h7-12,17,25H,5-6,13-16,18H2,1-4H3,(H,26,28). The molecule has 0 aliphatic rings. The number of nitrogens with zero attached hydrogens (tertiary/aromatic N) is 1. The summed E-state index contributed by atoms with van der Waals surface area (Å²) < 4.78 is 32.3. The lowest BCUT2D eigenvalue weighted by Gasteiger charge is -2.20. The third-order valence-corrected chi connectivity index (χ3v) is 8.20. The molecule has 1 amide bonds. The zero-order chi connectivity index (χ0) is 24.3. The number of carbonyl (C=O) groups is 1. The van der Waals surface area contributed by atoms with Gasteiger partial charge < -0.3 is 15.4 Å². The van der Waals surface area contributed by atoms with Gasteiger partial charge in [-0.05, 0) is 30.7 Å². The molecule has 0 fully saturated rings. The summed E-state index contributed by atoms with van der Waals surface area (Å²) >= 11 is 1.74. The normalized spacial score (nSPS) is 11.5. The number of hydrogen-bond acceptors (Lipinski definition) is 6. The van der Waals surface area contributed by atoms with Crippen LogP contribution in [0.2, 0.25) is 0 Å². The molecule has 2 N–H and O–H groups in total. The molecule has 2 aromatic carbocycles. The van der Waals surface area contributed by atoms with Crippen LogP contribution < -0.4 is 10.6 Å². The van der Waals surface area contributed by atoms with Gasteiger partial charge in [-0.15, -0.1) is 0 Å². The molecule has 33 heavy (non-hydrogen) atoms. The van der Waals surface area contributed by atoms with Crippen molar-refractivity contribution >= 4 is 33.4 Å². The molecule has 7 nitrogen and oxygen atoms in total. The van der Waals surface area contributed by atoms with Crippen LogP contribution in [0.5, 0.6) is 0 Å². The molecular weight excluding hydrogens is 458 g/mol. The maximum atomic E-state index is 13.0. The van der Waals surface area contributed by atoms with E-state index in [1.54, 1.807) is 38.8 Å². The highest BCUT2D eigenvalue weighted by molar-refractivity contribution is 7.98. The fourth-order valence-corrected chi connectivity index (χ4v) is 5.54. The van der Waals surface area contributed by atoms with Crippen LogP contribution in [0.3, 0.4) is 0 Å². The third-order valence-electron chi connectivity index (χ3n) is 5.12. The van der Waals surface area contributed by atoms with Crippen molar-refractivity contribution in [2.24, 2.45) is 0 Å². The number of benzene rings is 2. The van der Waals surface area contributed by atoms with Crippen molar-refractivity contribution in [2.75, 3.05) is 51.0 Å². The summed E-state index contributed by atoms with van der Waals surface area (Å²) in [6.07, 6.45) is 0. The van der Waals surface area contributed by atoms with Gasteiger partial charge in [0.1, 0.15) is 0 Å². The summed E-state index contributed by atoms with van der Waals surface area (Å²) in [5.41, 5.74) is 3.37. The van der Waals surface area contributed by atoms with Gasteiger partial charge in [-0.3, -0.25) is 4.79 Å². The van der Waals surface area contributed by atoms with Gasteiger partial charge in [-0.1, -0.05) is 43.7 Å². The molecule has 0 spiro atoms. The molecule has 0 atom stereocenters. The lowest BCUT2D eigenvalue weighted by Crippen LogP contribution is -2.31. The molecule has 182 valence electrons. The van der Waals surface area contributed by atoms with Crippen molar-refractivity contribution in [1.82, 2.24) is 9.62 Å². The molecule has 2 aromatic rings. The minimum absolute atomic E-state index is 0.113. The number of anilines is 1. The SMILES string of the molecule is CCN(CC)S(=O)(=O)c1ccc(NCCOC)c(C(=O)NCCSCc2ccc(C)cc2)c1. The molecular formula is C24H35N3O4S2. The van der Waals surface area contributed by atoms with Crippen molar-refractivity contribution in [1.29, 1.82) is 0 Å². The Morgan fingerprint density at radius 3 is 2.39 bits per heavy atom. The number of ether oxygens (including phenoxy) is 1. The van der Waals surface area contributed by atoms with Crippen LogP contribution >= 0.6 is 11.8 Å². The van der Waals surface area contributed by atoms with Crippen LogP contribution in [-0.4, -0.2) is 64.3 Å². The van der Waals surface area contributed by atoms with Gasteiger partial charge in [0, 0.05) is 50.5 Å². The second-order valence-corrected chi connectivity index (χ2v) is 10.6. The minimum Gasteiger partial charge on any atom is -0.383 e. The Balaban J connectivity index is 2.07. The van der Waals surface area contributed by atoms with Crippen LogP contribution in [0.4, 0.5) is 5.69 Å². The first-order valence-electron chi connectivity index (χ1n) is 11.1. The zero-order valence-corrected chi connectivity index (χ0v) is 21.5. The van der Waals surface area contributed by atoms with Crippen molar-refractivity contribution in [3.05, 3.63) is 59.2 Å². The van der Waals surface area contributed by atoms with Gasteiger partial charge in [-0.25, -0.2) is 8.42 Å². The topological polar surface area (TPSA) is 87.7 Å². The summed E-state index contributed by atoms with van der Waals surface area (Å²) in [6.45, 7) is 7.85. The number of nitrogens with one attached hydrogen (secondary N) is 2. The van der Waals surface area contributed by atoms with Crippen LogP contribution in [0, 0.1) is 6.92 Å². The van der Waals surface area contributed by atoms with Gasteiger partial charge >= 0.3 is 0 Å². The van der Waals surface area contributed by atoms with E-state index in [-0.39, 0.29) is 10.8 Å². The summed E-state index contributed by atoms with van der Waals surface area (Å²) in [5, 5.41) is 6.08. The summed E-state index contributed by atoms with van der Waals surface area (Å²) in [4.78, 5) is 13.1. The van der Waals surface area contributed by atoms with Crippen LogP contribution in [-0.2, 0) is 20.5 Å². The quantitative estimate of drug-likeness (QED) is 0.390. The van der Waals surface area contributed by atoms with E-state index in [9.17, 15) is 13.2 Å². The minimum atomic E-state index is -3.67. The average molecular weight is 494 g/mol. The fraction of sp³-hybridized carbons (Fsp3) is 0.458. The second-order valence-electron chi connectivity index (χ2n) is 7.51. The Hall–Kier alpha value is -2.07. The van der Waals surface area contributed by atoms with Gasteiger partial charge in [0.15, 0.2) is 0 Å². The monoisotopic (exact) mass is 493 g/mol. The summed E-state index contributed by atoms with van der Waals surface area (Å²) in [5.74, 6) is 1.32. The second kappa shape index (κ2) is 13.6.